The molecule has 0 aromatic carbocycles. The van der Waals surface area contributed by atoms with Gasteiger partial charge in [-0.2, -0.15) is 0 Å². The Hall–Kier alpha value is 5.46. The van der Waals surface area contributed by atoms with Crippen molar-refractivity contribution in [2.45, 2.75) is 0 Å². The standard InChI is InChI=1S/Bi.Cd.5HI/h;;5*1H/q+3;+2;;;;;/p-5. The molecule has 0 aromatic rings. The number of halogens is 5. The third kappa shape index (κ3) is 34.4. The SMILES string of the molecule is [Bi+3].[Cd+2].[I-].[I-].[I-].[I-].[I-]. The van der Waals surface area contributed by atoms with Crippen molar-refractivity contribution in [3.8, 4) is 0 Å². The van der Waals surface area contributed by atoms with Crippen molar-refractivity contribution in [1.82, 2.24) is 0 Å². The Morgan fingerprint density at radius 3 is 0.429 bits per heavy atom. The molecular formula is BiCdI5. The van der Waals surface area contributed by atoms with Gasteiger partial charge in [0, 0.05) is 0 Å². The van der Waals surface area contributed by atoms with Crippen LogP contribution in [0, 0.1) is 0 Å². The van der Waals surface area contributed by atoms with Crippen LogP contribution in [0.15, 0.2) is 0 Å². The first-order chi connectivity index (χ1) is 0. The van der Waals surface area contributed by atoms with Gasteiger partial charge in [0.15, 0.2) is 0 Å². The molecule has 2 radical (unpaired) electrons. The van der Waals surface area contributed by atoms with Crippen molar-refractivity contribution in [3.63, 3.8) is 0 Å². The third-order valence-corrected chi connectivity index (χ3v) is 0. The fourth-order valence-electron chi connectivity index (χ4n) is 0. The third-order valence-electron chi connectivity index (χ3n) is 0. The summed E-state index contributed by atoms with van der Waals surface area (Å²) >= 11 is 0. The van der Waals surface area contributed by atoms with Crippen LogP contribution in [-0.4, -0.2) is 26.2 Å². The molecule has 0 aliphatic heterocycles. The second kappa shape index (κ2) is 42.1. The van der Waals surface area contributed by atoms with E-state index in [2.05, 4.69) is 0 Å². The minimum absolute atomic E-state index is 0. The Labute approximate surface area is 169 Å². The van der Waals surface area contributed by atoms with Gasteiger partial charge in [0.25, 0.3) is 0 Å². The Morgan fingerprint density at radius 2 is 0.429 bits per heavy atom. The van der Waals surface area contributed by atoms with Crippen LogP contribution in [0.1, 0.15) is 0 Å². The van der Waals surface area contributed by atoms with Crippen LogP contribution in [0.25, 0.3) is 0 Å². The molecule has 42 valence electrons. The quantitative estimate of drug-likeness (QED) is 0.168. The van der Waals surface area contributed by atoms with Crippen molar-refractivity contribution in [3.05, 3.63) is 0 Å². The normalized spacial score (nSPS) is 0. The van der Waals surface area contributed by atoms with Gasteiger partial charge >= 0.3 is 53.5 Å². The molecule has 0 saturated heterocycles. The number of hydrogen-bond donors (Lipinski definition) is 0. The van der Waals surface area contributed by atoms with Crippen LogP contribution in [0.2, 0.25) is 0 Å². The largest absolute Gasteiger partial charge is 3.00 e. The maximum atomic E-state index is 0. The van der Waals surface area contributed by atoms with E-state index in [-0.39, 0.29) is 173 Å². The molecule has 0 N–H and O–H groups in total. The summed E-state index contributed by atoms with van der Waals surface area (Å²) in [4.78, 5) is 0. The molecule has 0 fully saturated rings. The molecule has 0 heterocycles. The van der Waals surface area contributed by atoms with Gasteiger partial charge in [0.2, 0.25) is 0 Å². The van der Waals surface area contributed by atoms with Gasteiger partial charge < -0.3 is 120 Å². The van der Waals surface area contributed by atoms with Crippen LogP contribution < -0.4 is 120 Å². The zero-order valence-corrected chi connectivity index (χ0v) is 21.3. The molecule has 0 unspecified atom stereocenters. The Bertz CT molecular complexity index is 8.04. The molecule has 0 atom stereocenters. The maximum absolute atomic E-state index is 0. The molecule has 0 spiro atoms. The van der Waals surface area contributed by atoms with Gasteiger partial charge in [-0.1, -0.05) is 0 Å². The smallest absolute Gasteiger partial charge is 1.00 e. The van der Waals surface area contributed by atoms with Gasteiger partial charge in [0.05, 0.1) is 0 Å². The van der Waals surface area contributed by atoms with E-state index in [9.17, 15) is 0 Å². The van der Waals surface area contributed by atoms with Gasteiger partial charge in [-0.25, -0.2) is 0 Å². The predicted molar refractivity (Wildman–Crippen MR) is 5.75 cm³/mol. The molecular weight excluding hydrogens is 956 g/mol. The predicted octanol–water partition coefficient (Wildman–Crippen LogP) is -15.4. The van der Waals surface area contributed by atoms with Crippen LogP contribution in [0.3, 0.4) is 0 Å². The van der Waals surface area contributed by atoms with Crippen LogP contribution in [-0.2, 0) is 27.3 Å². The van der Waals surface area contributed by atoms with Crippen molar-refractivity contribution in [1.29, 1.82) is 0 Å². The van der Waals surface area contributed by atoms with E-state index in [1.807, 2.05) is 0 Å². The van der Waals surface area contributed by atoms with E-state index in [1.54, 1.807) is 0 Å². The van der Waals surface area contributed by atoms with Crippen LogP contribution in [0.5, 0.6) is 0 Å². The van der Waals surface area contributed by atoms with Crippen molar-refractivity contribution < 1.29 is 147 Å². The second-order valence-electron chi connectivity index (χ2n) is 0. The Morgan fingerprint density at radius 1 is 0.429 bits per heavy atom. The van der Waals surface area contributed by atoms with Gasteiger partial charge in [-0.15, -0.1) is 0 Å². The van der Waals surface area contributed by atoms with E-state index in [0.29, 0.717) is 0 Å². The zero-order chi connectivity index (χ0) is 0. The summed E-state index contributed by atoms with van der Waals surface area (Å²) in [5, 5.41) is 0. The van der Waals surface area contributed by atoms with E-state index in [4.69, 9.17) is 0 Å². The molecule has 0 rings (SSSR count). The minimum Gasteiger partial charge on any atom is -1.00 e. The molecule has 0 aliphatic carbocycles. The first-order valence-electron chi connectivity index (χ1n) is 0. The van der Waals surface area contributed by atoms with Crippen molar-refractivity contribution in [2.24, 2.45) is 0 Å². The first-order valence-corrected chi connectivity index (χ1v) is 0. The van der Waals surface area contributed by atoms with Crippen LogP contribution in [0.4, 0.5) is 0 Å². The Kier molecular flexibility index (Phi) is 330. The topological polar surface area (TPSA) is 0 Å². The number of hydrogen-bond acceptors (Lipinski definition) is 0. The maximum Gasteiger partial charge on any atom is 3.00 e. The average Bonchev–Trinajstić information content (AvgIpc) is 0. The summed E-state index contributed by atoms with van der Waals surface area (Å²) in [6.45, 7) is 0. The molecule has 7 heteroatoms. The first kappa shape index (κ1) is 54.9. The van der Waals surface area contributed by atoms with Gasteiger partial charge in [-0.05, 0) is 0 Å². The van der Waals surface area contributed by atoms with Crippen molar-refractivity contribution >= 4 is 26.2 Å². The molecule has 0 aliphatic rings. The molecule has 0 amide bonds. The average molecular weight is 956 g/mol. The summed E-state index contributed by atoms with van der Waals surface area (Å²) < 4.78 is 0. The van der Waals surface area contributed by atoms with E-state index in [1.165, 1.54) is 0 Å². The summed E-state index contributed by atoms with van der Waals surface area (Å²) in [5.74, 6) is 0. The summed E-state index contributed by atoms with van der Waals surface area (Å²) in [5.41, 5.74) is 0. The fraction of sp³-hybridized carbons (Fsp3) is 0. The van der Waals surface area contributed by atoms with E-state index < -0.39 is 0 Å². The minimum atomic E-state index is 0. The number of rotatable bonds is 0. The van der Waals surface area contributed by atoms with Gasteiger partial charge in [0.1, 0.15) is 0 Å². The van der Waals surface area contributed by atoms with Crippen molar-refractivity contribution in [2.75, 3.05) is 0 Å². The van der Waals surface area contributed by atoms with E-state index in [0.717, 1.165) is 0 Å². The van der Waals surface area contributed by atoms with E-state index >= 15 is 0 Å². The molecule has 0 nitrogen and oxygen atoms in total. The summed E-state index contributed by atoms with van der Waals surface area (Å²) in [7, 11) is 0. The molecule has 0 bridgehead atoms. The Balaban J connectivity index is 0. The zero-order valence-electron chi connectivity index (χ0n) is 3.04. The van der Waals surface area contributed by atoms with Crippen LogP contribution >= 0.6 is 0 Å². The monoisotopic (exact) mass is 957 g/mol. The summed E-state index contributed by atoms with van der Waals surface area (Å²) in [6, 6.07) is 0. The molecule has 0 aromatic heterocycles. The van der Waals surface area contributed by atoms with Gasteiger partial charge in [-0.3, -0.25) is 0 Å². The summed E-state index contributed by atoms with van der Waals surface area (Å²) in [6.07, 6.45) is 0. The second-order valence-corrected chi connectivity index (χ2v) is 0. The fourth-order valence-corrected chi connectivity index (χ4v) is 0. The molecule has 7 heavy (non-hydrogen) atoms. The molecule has 0 saturated carbocycles.